The highest BCUT2D eigenvalue weighted by atomic mass is 35.5. The first-order valence-corrected chi connectivity index (χ1v) is 11.1. The Hall–Kier alpha value is -4.06. The number of ether oxygens (including phenoxy) is 2. The molecular weight excluding hydrogens is 493 g/mol. The van der Waals surface area contributed by atoms with Gasteiger partial charge in [0.05, 0.1) is 11.5 Å². The normalized spacial score (nSPS) is 10.9. The molecule has 0 aliphatic heterocycles. The first-order valence-electron chi connectivity index (χ1n) is 10.3. The van der Waals surface area contributed by atoms with Crippen molar-refractivity contribution in [3.05, 3.63) is 97.5 Å². The summed E-state index contributed by atoms with van der Waals surface area (Å²) in [6.45, 7) is 2.38. The Kier molecular flexibility index (Phi) is 8.68. The van der Waals surface area contributed by atoms with Gasteiger partial charge in [0.1, 0.15) is 18.2 Å². The van der Waals surface area contributed by atoms with Crippen LogP contribution in [0.25, 0.3) is 6.08 Å². The average Bonchev–Trinajstić information content (AvgIpc) is 2.83. The Morgan fingerprint density at radius 2 is 1.83 bits per heavy atom. The molecule has 0 aliphatic carbocycles. The number of nitriles is 1. The third-order valence-electron chi connectivity index (χ3n) is 4.68. The van der Waals surface area contributed by atoms with E-state index in [0.717, 1.165) is 5.56 Å². The van der Waals surface area contributed by atoms with Crippen LogP contribution in [-0.4, -0.2) is 17.4 Å². The first-order chi connectivity index (χ1) is 16.8. The zero-order valence-corrected chi connectivity index (χ0v) is 20.0. The Bertz CT molecular complexity index is 1320. The molecule has 3 aromatic carbocycles. The summed E-state index contributed by atoms with van der Waals surface area (Å²) in [7, 11) is 0. The van der Waals surface area contributed by atoms with Gasteiger partial charge in [-0.1, -0.05) is 35.3 Å². The Morgan fingerprint density at radius 1 is 1.09 bits per heavy atom. The second kappa shape index (κ2) is 11.9. The maximum Gasteiger partial charge on any atom is 0.269 e. The molecule has 0 atom stereocenters. The molecule has 1 amide bonds. The number of carbonyl (C=O) groups excluding carboxylic acids is 1. The van der Waals surface area contributed by atoms with E-state index in [1.807, 2.05) is 13.0 Å². The van der Waals surface area contributed by atoms with Gasteiger partial charge in [0.25, 0.3) is 11.6 Å². The molecule has 0 saturated carbocycles. The molecule has 35 heavy (non-hydrogen) atoms. The highest BCUT2D eigenvalue weighted by Crippen LogP contribution is 2.31. The topological polar surface area (TPSA) is 114 Å². The standard InChI is InChI=1S/C25H19Cl2N3O5/c1-2-34-24-12-16(3-10-23(24)35-15-17-4-5-19(26)13-22(17)27)11-18(14-28)25(31)29-20-6-8-21(9-7-20)30(32)33/h3-13H,2,15H2,1H3,(H,29,31). The van der Waals surface area contributed by atoms with Crippen molar-refractivity contribution in [1.82, 2.24) is 0 Å². The number of anilines is 1. The number of halogens is 2. The average molecular weight is 512 g/mol. The summed E-state index contributed by atoms with van der Waals surface area (Å²) in [6, 6.07) is 17.3. The molecule has 0 bridgehead atoms. The van der Waals surface area contributed by atoms with Crippen LogP contribution in [0.15, 0.2) is 66.2 Å². The SMILES string of the molecule is CCOc1cc(C=C(C#N)C(=O)Nc2ccc([N+](=O)[O-])cc2)ccc1OCc1ccc(Cl)cc1Cl. The van der Waals surface area contributed by atoms with E-state index in [9.17, 15) is 20.2 Å². The van der Waals surface area contributed by atoms with Gasteiger partial charge >= 0.3 is 0 Å². The molecule has 0 saturated heterocycles. The lowest BCUT2D eigenvalue weighted by Gasteiger charge is -2.13. The van der Waals surface area contributed by atoms with Crippen molar-refractivity contribution in [3.63, 3.8) is 0 Å². The van der Waals surface area contributed by atoms with Crippen molar-refractivity contribution in [2.45, 2.75) is 13.5 Å². The van der Waals surface area contributed by atoms with Crippen LogP contribution in [0.3, 0.4) is 0 Å². The molecular formula is C25H19Cl2N3O5. The van der Waals surface area contributed by atoms with Gasteiger partial charge in [-0.25, -0.2) is 0 Å². The minimum absolute atomic E-state index is 0.108. The minimum Gasteiger partial charge on any atom is -0.490 e. The Morgan fingerprint density at radius 3 is 2.46 bits per heavy atom. The van der Waals surface area contributed by atoms with Crippen molar-refractivity contribution in [2.75, 3.05) is 11.9 Å². The van der Waals surface area contributed by atoms with Gasteiger partial charge in [0, 0.05) is 33.4 Å². The number of nitro benzene ring substituents is 1. The lowest BCUT2D eigenvalue weighted by molar-refractivity contribution is -0.384. The number of hydrogen-bond donors (Lipinski definition) is 1. The van der Waals surface area contributed by atoms with Gasteiger partial charge < -0.3 is 14.8 Å². The van der Waals surface area contributed by atoms with Gasteiger partial charge in [0.2, 0.25) is 0 Å². The number of nitro groups is 1. The summed E-state index contributed by atoms with van der Waals surface area (Å²) in [5.74, 6) is 0.236. The van der Waals surface area contributed by atoms with Gasteiger partial charge in [-0.15, -0.1) is 0 Å². The van der Waals surface area contributed by atoms with Crippen molar-refractivity contribution >= 4 is 46.6 Å². The van der Waals surface area contributed by atoms with Crippen LogP contribution in [0.4, 0.5) is 11.4 Å². The van der Waals surface area contributed by atoms with Crippen LogP contribution in [0, 0.1) is 21.4 Å². The maximum atomic E-state index is 12.5. The van der Waals surface area contributed by atoms with Crippen LogP contribution >= 0.6 is 23.2 Å². The highest BCUT2D eigenvalue weighted by molar-refractivity contribution is 6.35. The van der Waals surface area contributed by atoms with Crippen LogP contribution in [0.2, 0.25) is 10.0 Å². The van der Waals surface area contributed by atoms with Crippen LogP contribution in [-0.2, 0) is 11.4 Å². The molecule has 3 aromatic rings. The van der Waals surface area contributed by atoms with Crippen LogP contribution < -0.4 is 14.8 Å². The van der Waals surface area contributed by atoms with Crippen LogP contribution in [0.1, 0.15) is 18.1 Å². The number of rotatable bonds is 9. The van der Waals surface area contributed by atoms with Crippen molar-refractivity contribution in [1.29, 1.82) is 5.26 Å². The third-order valence-corrected chi connectivity index (χ3v) is 5.26. The molecule has 0 radical (unpaired) electrons. The van der Waals surface area contributed by atoms with Crippen LogP contribution in [0.5, 0.6) is 11.5 Å². The number of benzene rings is 3. The second-order valence-corrected chi connectivity index (χ2v) is 7.94. The van der Waals surface area contributed by atoms with E-state index in [-0.39, 0.29) is 17.9 Å². The van der Waals surface area contributed by atoms with E-state index in [1.54, 1.807) is 36.4 Å². The highest BCUT2D eigenvalue weighted by Gasteiger charge is 2.13. The summed E-state index contributed by atoms with van der Waals surface area (Å²) in [4.78, 5) is 22.8. The minimum atomic E-state index is -0.656. The summed E-state index contributed by atoms with van der Waals surface area (Å²) >= 11 is 12.1. The molecule has 3 rings (SSSR count). The number of hydrogen-bond acceptors (Lipinski definition) is 6. The van der Waals surface area contributed by atoms with Crippen molar-refractivity contribution in [2.24, 2.45) is 0 Å². The van der Waals surface area contributed by atoms with E-state index in [4.69, 9.17) is 32.7 Å². The molecule has 0 aromatic heterocycles. The predicted molar refractivity (Wildman–Crippen MR) is 134 cm³/mol. The zero-order chi connectivity index (χ0) is 25.4. The van der Waals surface area contributed by atoms with Crippen molar-refractivity contribution < 1.29 is 19.2 Å². The summed E-state index contributed by atoms with van der Waals surface area (Å²) in [5, 5.41) is 23.8. The lowest BCUT2D eigenvalue weighted by atomic mass is 10.1. The Labute approximate surface area is 211 Å². The van der Waals surface area contributed by atoms with Crippen molar-refractivity contribution in [3.8, 4) is 17.6 Å². The molecule has 0 spiro atoms. The maximum absolute atomic E-state index is 12.5. The lowest BCUT2D eigenvalue weighted by Crippen LogP contribution is -2.13. The molecule has 8 nitrogen and oxygen atoms in total. The van der Waals surface area contributed by atoms with E-state index in [0.29, 0.717) is 39.4 Å². The first kappa shape index (κ1) is 25.6. The molecule has 1 N–H and O–H groups in total. The number of nitrogens with zero attached hydrogens (tertiary/aromatic N) is 2. The molecule has 0 fully saturated rings. The smallest absolute Gasteiger partial charge is 0.269 e. The fraction of sp³-hybridized carbons (Fsp3) is 0.120. The third kappa shape index (κ3) is 6.96. The summed E-state index contributed by atoms with van der Waals surface area (Å²) in [6.07, 6.45) is 1.41. The number of non-ortho nitro benzene ring substituents is 1. The zero-order valence-electron chi connectivity index (χ0n) is 18.5. The number of nitrogens with one attached hydrogen (secondary N) is 1. The fourth-order valence-corrected chi connectivity index (χ4v) is 3.44. The van der Waals surface area contributed by atoms with E-state index in [1.165, 1.54) is 30.3 Å². The largest absolute Gasteiger partial charge is 0.490 e. The monoisotopic (exact) mass is 511 g/mol. The second-order valence-electron chi connectivity index (χ2n) is 7.09. The Balaban J connectivity index is 1.77. The van der Waals surface area contributed by atoms with E-state index < -0.39 is 10.8 Å². The fourth-order valence-electron chi connectivity index (χ4n) is 2.98. The van der Waals surface area contributed by atoms with E-state index in [2.05, 4.69) is 5.32 Å². The number of amides is 1. The molecule has 178 valence electrons. The van der Waals surface area contributed by atoms with E-state index >= 15 is 0 Å². The summed E-state index contributed by atoms with van der Waals surface area (Å²) < 4.78 is 11.5. The van der Waals surface area contributed by atoms with Gasteiger partial charge in [-0.05, 0) is 55.0 Å². The molecule has 0 unspecified atom stereocenters. The molecule has 10 heteroatoms. The van der Waals surface area contributed by atoms with Gasteiger partial charge in [-0.2, -0.15) is 5.26 Å². The quantitative estimate of drug-likeness (QED) is 0.153. The number of carbonyl (C=O) groups is 1. The van der Waals surface area contributed by atoms with Gasteiger partial charge in [0.15, 0.2) is 11.5 Å². The molecule has 0 aliphatic rings. The summed E-state index contributed by atoms with van der Waals surface area (Å²) in [5.41, 5.74) is 1.34. The predicted octanol–water partition coefficient (Wildman–Crippen LogP) is 6.42. The van der Waals surface area contributed by atoms with Gasteiger partial charge in [-0.3, -0.25) is 14.9 Å². The molecule has 0 heterocycles.